The number of rotatable bonds is 3. The van der Waals surface area contributed by atoms with Gasteiger partial charge in [0, 0.05) is 33.4 Å². The Morgan fingerprint density at radius 2 is 2.31 bits per heavy atom. The smallest absolute Gasteiger partial charge is 0.225 e. The Morgan fingerprint density at radius 3 is 2.94 bits per heavy atom. The van der Waals surface area contributed by atoms with Crippen molar-refractivity contribution < 1.29 is 0 Å². The normalized spacial score (nSPS) is 21.3. The van der Waals surface area contributed by atoms with Gasteiger partial charge < -0.3 is 4.90 Å². The van der Waals surface area contributed by atoms with E-state index in [0.29, 0.717) is 0 Å². The van der Waals surface area contributed by atoms with E-state index in [1.807, 2.05) is 31.3 Å². The molecule has 4 nitrogen and oxygen atoms in total. The molecule has 0 aromatic carbocycles. The molecule has 4 heteroatoms. The summed E-state index contributed by atoms with van der Waals surface area (Å²) in [6.07, 6.45) is 3.16. The van der Waals surface area contributed by atoms with Crippen LogP contribution in [-0.2, 0) is 6.54 Å². The lowest BCUT2D eigenvalue weighted by Gasteiger charge is -2.16. The van der Waals surface area contributed by atoms with E-state index in [0.717, 1.165) is 24.1 Å². The van der Waals surface area contributed by atoms with E-state index >= 15 is 0 Å². The number of aromatic nitrogens is 2. The monoisotopic (exact) mass is 220 g/mol. The molecule has 1 atom stereocenters. The highest BCUT2D eigenvalue weighted by atomic mass is 15.2. The van der Waals surface area contributed by atoms with Crippen LogP contribution in [-0.4, -0.2) is 42.1 Å². The van der Waals surface area contributed by atoms with Crippen molar-refractivity contribution in [1.29, 1.82) is 0 Å². The molecule has 1 aromatic rings. The van der Waals surface area contributed by atoms with Crippen LogP contribution in [0.15, 0.2) is 12.3 Å². The summed E-state index contributed by atoms with van der Waals surface area (Å²) in [5.41, 5.74) is 1.12. The molecule has 1 aromatic heterocycles. The van der Waals surface area contributed by atoms with Gasteiger partial charge in [-0.15, -0.1) is 0 Å². The molecule has 0 spiro atoms. The maximum absolute atomic E-state index is 4.53. The summed E-state index contributed by atoms with van der Waals surface area (Å²) in [7, 11) is 3.94. The topological polar surface area (TPSA) is 32.3 Å². The fourth-order valence-electron chi connectivity index (χ4n) is 2.09. The molecule has 1 aliphatic rings. The number of anilines is 1. The average molecular weight is 220 g/mol. The lowest BCUT2D eigenvalue weighted by molar-refractivity contribution is 0.316. The van der Waals surface area contributed by atoms with Crippen molar-refractivity contribution in [2.45, 2.75) is 19.9 Å². The Morgan fingerprint density at radius 1 is 1.50 bits per heavy atom. The van der Waals surface area contributed by atoms with Crippen LogP contribution in [0.25, 0.3) is 0 Å². The molecule has 0 aliphatic carbocycles. The summed E-state index contributed by atoms with van der Waals surface area (Å²) in [6, 6.07) is 2.01. The molecule has 0 amide bonds. The minimum absolute atomic E-state index is 0.796. The molecule has 1 saturated heterocycles. The molecule has 0 N–H and O–H groups in total. The quantitative estimate of drug-likeness (QED) is 0.770. The van der Waals surface area contributed by atoms with Gasteiger partial charge in [0.15, 0.2) is 0 Å². The lowest BCUT2D eigenvalue weighted by atomic mass is 10.2. The van der Waals surface area contributed by atoms with Crippen LogP contribution in [0.2, 0.25) is 0 Å². The van der Waals surface area contributed by atoms with Crippen LogP contribution in [0.3, 0.4) is 0 Å². The van der Waals surface area contributed by atoms with Crippen LogP contribution in [0.1, 0.15) is 19.0 Å². The summed E-state index contributed by atoms with van der Waals surface area (Å²) in [5, 5.41) is 0. The zero-order valence-electron chi connectivity index (χ0n) is 10.3. The summed E-state index contributed by atoms with van der Waals surface area (Å²) in [6.45, 7) is 5.66. The van der Waals surface area contributed by atoms with Gasteiger partial charge in [0.1, 0.15) is 0 Å². The zero-order chi connectivity index (χ0) is 11.5. The van der Waals surface area contributed by atoms with E-state index in [4.69, 9.17) is 0 Å². The van der Waals surface area contributed by atoms with Crippen molar-refractivity contribution in [1.82, 2.24) is 14.9 Å². The highest BCUT2D eigenvalue weighted by molar-refractivity contribution is 5.27. The zero-order valence-corrected chi connectivity index (χ0v) is 10.3. The van der Waals surface area contributed by atoms with Gasteiger partial charge in [0.05, 0.1) is 5.69 Å². The molecule has 0 bridgehead atoms. The highest BCUT2D eigenvalue weighted by Gasteiger charge is 2.18. The van der Waals surface area contributed by atoms with Gasteiger partial charge in [0.2, 0.25) is 5.95 Å². The molecule has 1 unspecified atom stereocenters. The number of hydrogen-bond donors (Lipinski definition) is 0. The van der Waals surface area contributed by atoms with Gasteiger partial charge in [-0.25, -0.2) is 9.97 Å². The van der Waals surface area contributed by atoms with Crippen molar-refractivity contribution in [3.8, 4) is 0 Å². The molecule has 0 saturated carbocycles. The van der Waals surface area contributed by atoms with Crippen molar-refractivity contribution in [2.24, 2.45) is 5.92 Å². The number of nitrogens with zero attached hydrogens (tertiary/aromatic N) is 4. The van der Waals surface area contributed by atoms with Crippen LogP contribution in [0.4, 0.5) is 5.95 Å². The Kier molecular flexibility index (Phi) is 3.39. The SMILES string of the molecule is CC1CCN(Cc2ccnc(N(C)C)n2)C1. The second-order valence-corrected chi connectivity index (χ2v) is 4.87. The summed E-state index contributed by atoms with van der Waals surface area (Å²) in [4.78, 5) is 13.2. The molecular weight excluding hydrogens is 200 g/mol. The minimum atomic E-state index is 0.796. The highest BCUT2D eigenvalue weighted by Crippen LogP contribution is 2.17. The van der Waals surface area contributed by atoms with Crippen molar-refractivity contribution in [3.63, 3.8) is 0 Å². The van der Waals surface area contributed by atoms with E-state index in [2.05, 4.69) is 21.8 Å². The minimum Gasteiger partial charge on any atom is -0.347 e. The first-order valence-electron chi connectivity index (χ1n) is 5.87. The van der Waals surface area contributed by atoms with Crippen LogP contribution in [0, 0.1) is 5.92 Å². The number of hydrogen-bond acceptors (Lipinski definition) is 4. The molecule has 1 aliphatic heterocycles. The fraction of sp³-hybridized carbons (Fsp3) is 0.667. The Balaban J connectivity index is 2.01. The van der Waals surface area contributed by atoms with Gasteiger partial charge in [0.25, 0.3) is 0 Å². The molecular formula is C12H20N4. The van der Waals surface area contributed by atoms with Crippen LogP contribution < -0.4 is 4.90 Å². The van der Waals surface area contributed by atoms with E-state index in [1.54, 1.807) is 0 Å². The lowest BCUT2D eigenvalue weighted by Crippen LogP contribution is -2.21. The van der Waals surface area contributed by atoms with E-state index in [9.17, 15) is 0 Å². The molecule has 1 fully saturated rings. The number of likely N-dealkylation sites (tertiary alicyclic amines) is 1. The van der Waals surface area contributed by atoms with Crippen molar-refractivity contribution >= 4 is 5.95 Å². The van der Waals surface area contributed by atoms with Gasteiger partial charge in [-0.1, -0.05) is 6.92 Å². The second-order valence-electron chi connectivity index (χ2n) is 4.87. The first-order chi connectivity index (χ1) is 7.65. The van der Waals surface area contributed by atoms with Gasteiger partial charge in [-0.3, -0.25) is 4.90 Å². The van der Waals surface area contributed by atoms with E-state index < -0.39 is 0 Å². The Hall–Kier alpha value is -1.16. The van der Waals surface area contributed by atoms with Crippen molar-refractivity contribution in [3.05, 3.63) is 18.0 Å². The maximum Gasteiger partial charge on any atom is 0.225 e. The van der Waals surface area contributed by atoms with E-state index in [1.165, 1.54) is 19.5 Å². The molecule has 0 radical (unpaired) electrons. The third-order valence-electron chi connectivity index (χ3n) is 2.99. The summed E-state index contributed by atoms with van der Waals surface area (Å²) in [5.74, 6) is 1.62. The maximum atomic E-state index is 4.53. The molecule has 88 valence electrons. The molecule has 16 heavy (non-hydrogen) atoms. The van der Waals surface area contributed by atoms with Crippen molar-refractivity contribution in [2.75, 3.05) is 32.1 Å². The summed E-state index contributed by atoms with van der Waals surface area (Å²) >= 11 is 0. The molecule has 2 heterocycles. The largest absolute Gasteiger partial charge is 0.347 e. The average Bonchev–Trinajstić information content (AvgIpc) is 2.64. The third kappa shape index (κ3) is 2.70. The first kappa shape index (κ1) is 11.3. The van der Waals surface area contributed by atoms with Gasteiger partial charge in [-0.2, -0.15) is 0 Å². The third-order valence-corrected chi connectivity index (χ3v) is 2.99. The predicted octanol–water partition coefficient (Wildman–Crippen LogP) is 1.38. The standard InChI is InChI=1S/C12H20N4/c1-10-5-7-16(8-10)9-11-4-6-13-12(14-11)15(2)3/h4,6,10H,5,7-9H2,1-3H3. The molecule has 2 rings (SSSR count). The van der Waals surface area contributed by atoms with Gasteiger partial charge in [-0.05, 0) is 24.9 Å². The first-order valence-corrected chi connectivity index (χ1v) is 5.87. The Bertz CT molecular complexity index is 351. The second kappa shape index (κ2) is 4.78. The summed E-state index contributed by atoms with van der Waals surface area (Å²) < 4.78 is 0. The fourth-order valence-corrected chi connectivity index (χ4v) is 2.09. The van der Waals surface area contributed by atoms with Crippen LogP contribution in [0.5, 0.6) is 0 Å². The predicted molar refractivity (Wildman–Crippen MR) is 65.4 cm³/mol. The van der Waals surface area contributed by atoms with Gasteiger partial charge >= 0.3 is 0 Å². The van der Waals surface area contributed by atoms with E-state index in [-0.39, 0.29) is 0 Å². The Labute approximate surface area is 97.3 Å². The van der Waals surface area contributed by atoms with Crippen LogP contribution >= 0.6 is 0 Å².